The minimum atomic E-state index is -2.79. The van der Waals surface area contributed by atoms with Crippen LogP contribution in [0.3, 0.4) is 0 Å². The highest BCUT2D eigenvalue weighted by Crippen LogP contribution is 2.23. The van der Waals surface area contributed by atoms with Crippen LogP contribution in [-0.4, -0.2) is 10.2 Å². The zero-order chi connectivity index (χ0) is 10.7. The first-order chi connectivity index (χ1) is 6.56. The van der Waals surface area contributed by atoms with Crippen LogP contribution < -0.4 is 0 Å². The van der Waals surface area contributed by atoms with E-state index in [-0.39, 0.29) is 5.56 Å². The van der Waals surface area contributed by atoms with Crippen LogP contribution in [0, 0.1) is 0 Å². The topological polar surface area (TPSA) is 30.0 Å². The number of hydrogen-bond donors (Lipinski definition) is 0. The van der Waals surface area contributed by atoms with Gasteiger partial charge in [0.25, 0.3) is 11.7 Å². The Morgan fingerprint density at radius 1 is 1.64 bits per heavy atom. The van der Waals surface area contributed by atoms with E-state index in [4.69, 9.17) is 11.6 Å². The molecule has 0 atom stereocenters. The van der Waals surface area contributed by atoms with Crippen LogP contribution in [-0.2, 0) is 5.33 Å². The van der Waals surface area contributed by atoms with Crippen molar-refractivity contribution in [3.63, 3.8) is 0 Å². The van der Waals surface area contributed by atoms with E-state index in [0.717, 1.165) is 0 Å². The third-order valence-corrected chi connectivity index (χ3v) is 2.40. The summed E-state index contributed by atoms with van der Waals surface area (Å²) in [7, 11) is 0. The first-order valence-corrected chi connectivity index (χ1v) is 5.09. The molecule has 1 heterocycles. The average molecular weight is 284 g/mol. The van der Waals surface area contributed by atoms with E-state index in [1.165, 1.54) is 12.3 Å². The summed E-state index contributed by atoms with van der Waals surface area (Å²) in [4.78, 5) is 14.3. The molecule has 0 aliphatic carbocycles. The monoisotopic (exact) mass is 283 g/mol. The van der Waals surface area contributed by atoms with Gasteiger partial charge in [0.05, 0.1) is 5.56 Å². The molecule has 6 heteroatoms. The van der Waals surface area contributed by atoms with Crippen molar-refractivity contribution in [1.29, 1.82) is 0 Å². The van der Waals surface area contributed by atoms with Crippen molar-refractivity contribution in [2.24, 2.45) is 0 Å². The molecule has 0 radical (unpaired) electrons. The maximum atomic E-state index is 12.3. The molecule has 0 aliphatic heterocycles. The number of halogens is 4. The summed E-state index contributed by atoms with van der Waals surface area (Å²) in [6.07, 6.45) is -1.52. The highest BCUT2D eigenvalue weighted by atomic mass is 79.9. The molecule has 1 rings (SSSR count). The van der Waals surface area contributed by atoms with E-state index < -0.39 is 17.4 Å². The first-order valence-electron chi connectivity index (χ1n) is 3.59. The SMILES string of the molecule is O=C(Cl)c1cc(CBr)cnc1C(F)F. The number of carbonyl (C=O) groups excluding carboxylic acids is 1. The van der Waals surface area contributed by atoms with Gasteiger partial charge in [-0.25, -0.2) is 8.78 Å². The molecule has 0 aliphatic rings. The molecule has 2 nitrogen and oxygen atoms in total. The van der Waals surface area contributed by atoms with Gasteiger partial charge in [-0.15, -0.1) is 0 Å². The van der Waals surface area contributed by atoms with Crippen LogP contribution in [0.5, 0.6) is 0 Å². The van der Waals surface area contributed by atoms with E-state index in [9.17, 15) is 13.6 Å². The highest BCUT2D eigenvalue weighted by Gasteiger charge is 2.18. The van der Waals surface area contributed by atoms with Crippen LogP contribution in [0.2, 0.25) is 0 Å². The smallest absolute Gasteiger partial charge is 0.276 e. The number of rotatable bonds is 3. The second-order valence-electron chi connectivity index (χ2n) is 2.48. The van der Waals surface area contributed by atoms with Crippen LogP contribution >= 0.6 is 27.5 Å². The lowest BCUT2D eigenvalue weighted by atomic mass is 10.1. The van der Waals surface area contributed by atoms with Crippen LogP contribution in [0.25, 0.3) is 0 Å². The van der Waals surface area contributed by atoms with Crippen LogP contribution in [0.1, 0.15) is 28.0 Å². The predicted octanol–water partition coefficient (Wildman–Crippen LogP) is 3.29. The lowest BCUT2D eigenvalue weighted by Gasteiger charge is -2.05. The molecular weight excluding hydrogens is 279 g/mol. The zero-order valence-corrected chi connectivity index (χ0v) is 9.15. The Bertz CT molecular complexity index is 359. The Balaban J connectivity index is 3.24. The Labute approximate surface area is 92.4 Å². The number of nitrogens with zero attached hydrogens (tertiary/aromatic N) is 1. The molecule has 0 amide bonds. The van der Waals surface area contributed by atoms with E-state index in [0.29, 0.717) is 10.9 Å². The maximum absolute atomic E-state index is 12.3. The summed E-state index contributed by atoms with van der Waals surface area (Å²) < 4.78 is 24.7. The molecule has 0 N–H and O–H groups in total. The maximum Gasteiger partial charge on any atom is 0.281 e. The fraction of sp³-hybridized carbons (Fsp3) is 0.250. The van der Waals surface area contributed by atoms with Gasteiger partial charge in [-0.1, -0.05) is 15.9 Å². The van der Waals surface area contributed by atoms with Crippen molar-refractivity contribution in [2.75, 3.05) is 0 Å². The van der Waals surface area contributed by atoms with Crippen molar-refractivity contribution < 1.29 is 13.6 Å². The molecule has 0 unspecified atom stereocenters. The number of alkyl halides is 3. The van der Waals surface area contributed by atoms with Gasteiger partial charge in [0, 0.05) is 11.5 Å². The van der Waals surface area contributed by atoms with Gasteiger partial charge in [-0.2, -0.15) is 0 Å². The molecule has 76 valence electrons. The van der Waals surface area contributed by atoms with E-state index in [2.05, 4.69) is 20.9 Å². The molecule has 0 saturated heterocycles. The van der Waals surface area contributed by atoms with Gasteiger partial charge >= 0.3 is 0 Å². The van der Waals surface area contributed by atoms with Crippen molar-refractivity contribution in [3.8, 4) is 0 Å². The lowest BCUT2D eigenvalue weighted by molar-refractivity contribution is 0.106. The Kier molecular flexibility index (Phi) is 3.95. The fourth-order valence-corrected chi connectivity index (χ4v) is 1.38. The van der Waals surface area contributed by atoms with Crippen molar-refractivity contribution >= 4 is 32.8 Å². The third-order valence-electron chi connectivity index (χ3n) is 1.55. The van der Waals surface area contributed by atoms with E-state index in [1.807, 2.05) is 0 Å². The second kappa shape index (κ2) is 4.79. The van der Waals surface area contributed by atoms with E-state index in [1.54, 1.807) is 0 Å². The fourth-order valence-electron chi connectivity index (χ4n) is 0.923. The number of carbonyl (C=O) groups is 1. The van der Waals surface area contributed by atoms with Gasteiger partial charge in [0.2, 0.25) is 0 Å². The summed E-state index contributed by atoms with van der Waals surface area (Å²) in [5.41, 5.74) is -0.188. The van der Waals surface area contributed by atoms with Crippen LogP contribution in [0.15, 0.2) is 12.3 Å². The lowest BCUT2D eigenvalue weighted by Crippen LogP contribution is -2.02. The van der Waals surface area contributed by atoms with Gasteiger partial charge in [-0.3, -0.25) is 9.78 Å². The number of pyridine rings is 1. The number of aromatic nitrogens is 1. The van der Waals surface area contributed by atoms with Crippen LogP contribution in [0.4, 0.5) is 8.78 Å². The number of hydrogen-bond acceptors (Lipinski definition) is 2. The molecular formula is C8H5BrClF2NO. The minimum absolute atomic E-state index is 0.237. The normalized spacial score (nSPS) is 10.6. The molecule has 0 aromatic carbocycles. The molecule has 14 heavy (non-hydrogen) atoms. The summed E-state index contributed by atoms with van der Waals surface area (Å²) in [6.45, 7) is 0. The molecule has 1 aromatic rings. The van der Waals surface area contributed by atoms with Gasteiger partial charge in [0.15, 0.2) is 0 Å². The molecule has 0 saturated carbocycles. The van der Waals surface area contributed by atoms with Crippen molar-refractivity contribution in [1.82, 2.24) is 4.98 Å². The molecule has 0 fully saturated rings. The van der Waals surface area contributed by atoms with Gasteiger partial charge in [0.1, 0.15) is 5.69 Å². The molecule has 0 bridgehead atoms. The second-order valence-corrected chi connectivity index (χ2v) is 3.39. The van der Waals surface area contributed by atoms with Crippen molar-refractivity contribution in [3.05, 3.63) is 29.1 Å². The Morgan fingerprint density at radius 2 is 2.29 bits per heavy atom. The Hall–Kier alpha value is -0.550. The summed E-state index contributed by atoms with van der Waals surface area (Å²) in [5, 5.41) is -0.490. The zero-order valence-electron chi connectivity index (χ0n) is 6.81. The largest absolute Gasteiger partial charge is 0.281 e. The summed E-state index contributed by atoms with van der Waals surface area (Å²) in [6, 6.07) is 1.30. The van der Waals surface area contributed by atoms with Crippen molar-refractivity contribution in [2.45, 2.75) is 11.8 Å². The Morgan fingerprint density at radius 3 is 2.71 bits per heavy atom. The summed E-state index contributed by atoms with van der Waals surface area (Å²) >= 11 is 8.27. The highest BCUT2D eigenvalue weighted by molar-refractivity contribution is 9.08. The standard InChI is InChI=1S/C8H5BrClF2NO/c9-2-4-1-5(7(10)14)6(8(11)12)13-3-4/h1,3,8H,2H2. The van der Waals surface area contributed by atoms with E-state index >= 15 is 0 Å². The first kappa shape index (κ1) is 11.5. The molecule has 0 spiro atoms. The molecule has 1 aromatic heterocycles. The minimum Gasteiger partial charge on any atom is -0.276 e. The quantitative estimate of drug-likeness (QED) is 0.630. The van der Waals surface area contributed by atoms with Gasteiger partial charge < -0.3 is 0 Å². The third kappa shape index (κ3) is 2.48. The average Bonchev–Trinajstić information content (AvgIpc) is 2.16. The van der Waals surface area contributed by atoms with Gasteiger partial charge in [-0.05, 0) is 23.2 Å². The summed E-state index contributed by atoms with van der Waals surface area (Å²) in [5.74, 6) is 0. The predicted molar refractivity (Wildman–Crippen MR) is 52.0 cm³/mol.